The summed E-state index contributed by atoms with van der Waals surface area (Å²) in [5.74, 6) is 0. The van der Waals surface area contributed by atoms with E-state index in [0.717, 1.165) is 0 Å². The highest BCUT2D eigenvalue weighted by Gasteiger charge is 2.21. The highest BCUT2D eigenvalue weighted by Crippen LogP contribution is 2.47. The molecule has 0 fully saturated rings. The van der Waals surface area contributed by atoms with Crippen molar-refractivity contribution in [3.8, 4) is 0 Å². The van der Waals surface area contributed by atoms with Gasteiger partial charge in [0, 0.05) is 0 Å². The van der Waals surface area contributed by atoms with E-state index < -0.39 is 7.82 Å². The third-order valence-electron chi connectivity index (χ3n) is 0.798. The van der Waals surface area contributed by atoms with Crippen LogP contribution in [0.2, 0.25) is 0 Å². The largest absolute Gasteiger partial charge is 0.463 e. The monoisotopic (exact) mass is 184 g/mol. The summed E-state index contributed by atoms with van der Waals surface area (Å²) in [6, 6.07) is 0. The zero-order valence-electron chi connectivity index (χ0n) is 6.49. The molecule has 0 aliphatic rings. The van der Waals surface area contributed by atoms with Crippen molar-refractivity contribution in [1.82, 2.24) is 0 Å². The molecule has 0 spiro atoms. The van der Waals surface area contributed by atoms with Crippen LogP contribution in [0, 0.1) is 0 Å². The van der Waals surface area contributed by atoms with E-state index >= 15 is 0 Å². The minimum absolute atomic E-state index is 0.347. The second kappa shape index (κ2) is 5.04. The lowest BCUT2D eigenvalue weighted by Crippen LogP contribution is -1.97. The molecule has 0 N–H and O–H groups in total. The SMILES string of the molecule is CCOP(=O)(O[SiH3])OCC. The molecule has 0 heterocycles. The van der Waals surface area contributed by atoms with Gasteiger partial charge in [-0.25, -0.2) is 4.57 Å². The van der Waals surface area contributed by atoms with E-state index in [0.29, 0.717) is 23.7 Å². The van der Waals surface area contributed by atoms with E-state index in [2.05, 4.69) is 4.21 Å². The van der Waals surface area contributed by atoms with Gasteiger partial charge >= 0.3 is 7.82 Å². The molecule has 62 valence electrons. The summed E-state index contributed by atoms with van der Waals surface area (Å²) in [4.78, 5) is 0. The molecule has 0 atom stereocenters. The van der Waals surface area contributed by atoms with Gasteiger partial charge in [0.05, 0.1) is 13.2 Å². The molecule has 0 aromatic heterocycles. The average molecular weight is 184 g/mol. The smallest absolute Gasteiger partial charge is 0.341 e. The molecule has 0 aromatic carbocycles. The maximum atomic E-state index is 11.2. The lowest BCUT2D eigenvalue weighted by atomic mass is 10.9. The van der Waals surface area contributed by atoms with Gasteiger partial charge in [-0.1, -0.05) is 0 Å². The van der Waals surface area contributed by atoms with Crippen molar-refractivity contribution in [2.45, 2.75) is 13.8 Å². The van der Waals surface area contributed by atoms with Crippen LogP contribution in [0.4, 0.5) is 0 Å². The van der Waals surface area contributed by atoms with Gasteiger partial charge in [-0.15, -0.1) is 0 Å². The Bertz CT molecular complexity index is 118. The third kappa shape index (κ3) is 3.48. The van der Waals surface area contributed by atoms with Crippen LogP contribution in [-0.4, -0.2) is 23.7 Å². The lowest BCUT2D eigenvalue weighted by Gasteiger charge is -2.13. The van der Waals surface area contributed by atoms with Crippen molar-refractivity contribution in [2.75, 3.05) is 13.2 Å². The Morgan fingerprint density at radius 3 is 1.90 bits per heavy atom. The molecule has 0 rings (SSSR count). The maximum Gasteiger partial charge on any atom is 0.463 e. The molecule has 0 saturated carbocycles. The predicted molar refractivity (Wildman–Crippen MR) is 41.9 cm³/mol. The molecular weight excluding hydrogens is 171 g/mol. The zero-order chi connectivity index (χ0) is 8.04. The molecule has 4 nitrogen and oxygen atoms in total. The van der Waals surface area contributed by atoms with Crippen LogP contribution >= 0.6 is 7.82 Å². The van der Waals surface area contributed by atoms with Gasteiger partial charge in [0.2, 0.25) is 0 Å². The summed E-state index contributed by atoms with van der Waals surface area (Å²) >= 11 is 0. The highest BCUT2D eigenvalue weighted by atomic mass is 31.2. The zero-order valence-corrected chi connectivity index (χ0v) is 9.39. The molecule has 0 saturated heterocycles. The summed E-state index contributed by atoms with van der Waals surface area (Å²) in [5.41, 5.74) is 0. The Labute approximate surface area is 64.0 Å². The average Bonchev–Trinajstić information content (AvgIpc) is 1.89. The number of rotatable bonds is 5. The van der Waals surface area contributed by atoms with Gasteiger partial charge in [-0.3, -0.25) is 9.05 Å². The fourth-order valence-corrected chi connectivity index (χ4v) is 2.01. The van der Waals surface area contributed by atoms with Crippen LogP contribution in [0.5, 0.6) is 0 Å². The van der Waals surface area contributed by atoms with Crippen molar-refractivity contribution in [3.05, 3.63) is 0 Å². The summed E-state index contributed by atoms with van der Waals surface area (Å²) in [6.07, 6.45) is 0. The summed E-state index contributed by atoms with van der Waals surface area (Å²) in [5, 5.41) is 0. The van der Waals surface area contributed by atoms with Gasteiger partial charge in [-0.05, 0) is 13.8 Å². The maximum absolute atomic E-state index is 11.2. The van der Waals surface area contributed by atoms with Gasteiger partial charge in [-0.2, -0.15) is 0 Å². The predicted octanol–water partition coefficient (Wildman–Crippen LogP) is 0.465. The summed E-state index contributed by atoms with van der Waals surface area (Å²) < 4.78 is 25.3. The molecule has 0 aliphatic carbocycles. The second-order valence-electron chi connectivity index (χ2n) is 1.47. The minimum atomic E-state index is -3.14. The van der Waals surface area contributed by atoms with Crippen LogP contribution in [0.1, 0.15) is 13.8 Å². The summed E-state index contributed by atoms with van der Waals surface area (Å²) in [7, 11) is -2.78. The quantitative estimate of drug-likeness (QED) is 0.460. The van der Waals surface area contributed by atoms with Gasteiger partial charge < -0.3 is 4.21 Å². The van der Waals surface area contributed by atoms with Crippen LogP contribution in [-0.2, 0) is 17.8 Å². The Kier molecular flexibility index (Phi) is 5.21. The van der Waals surface area contributed by atoms with Gasteiger partial charge in [0.15, 0.2) is 10.5 Å². The minimum Gasteiger partial charge on any atom is -0.341 e. The standard InChI is InChI=1S/C4H13O4PSi/c1-3-6-9(5,8-10)7-4-2/h3-4H2,1-2,10H3. The molecule has 0 bridgehead atoms. The molecule has 0 unspecified atom stereocenters. The van der Waals surface area contributed by atoms with Crippen molar-refractivity contribution in [3.63, 3.8) is 0 Å². The third-order valence-corrected chi connectivity index (χ3v) is 3.74. The van der Waals surface area contributed by atoms with Crippen LogP contribution in [0.3, 0.4) is 0 Å². The Morgan fingerprint density at radius 2 is 1.70 bits per heavy atom. The molecule has 0 aliphatic heterocycles. The fourth-order valence-electron chi connectivity index (χ4n) is 0.459. The first kappa shape index (κ1) is 10.3. The van der Waals surface area contributed by atoms with Crippen molar-refractivity contribution >= 4 is 18.3 Å². The van der Waals surface area contributed by atoms with E-state index in [1.54, 1.807) is 13.8 Å². The van der Waals surface area contributed by atoms with Crippen LogP contribution in [0.15, 0.2) is 0 Å². The number of hydrogen-bond donors (Lipinski definition) is 0. The Balaban J connectivity index is 3.83. The van der Waals surface area contributed by atoms with E-state index in [1.807, 2.05) is 0 Å². The van der Waals surface area contributed by atoms with Crippen LogP contribution in [0.25, 0.3) is 0 Å². The van der Waals surface area contributed by atoms with Crippen molar-refractivity contribution < 1.29 is 17.8 Å². The first-order valence-corrected chi connectivity index (χ1v) is 5.41. The van der Waals surface area contributed by atoms with E-state index in [9.17, 15) is 4.57 Å². The normalized spacial score (nSPS) is 12.2. The number of hydrogen-bond acceptors (Lipinski definition) is 4. The highest BCUT2D eigenvalue weighted by molar-refractivity contribution is 7.49. The number of phosphoric ester groups is 1. The van der Waals surface area contributed by atoms with E-state index in [4.69, 9.17) is 9.05 Å². The van der Waals surface area contributed by atoms with Crippen molar-refractivity contribution in [2.24, 2.45) is 0 Å². The molecule has 0 amide bonds. The van der Waals surface area contributed by atoms with Crippen molar-refractivity contribution in [1.29, 1.82) is 0 Å². The summed E-state index contributed by atoms with van der Waals surface area (Å²) in [6.45, 7) is 4.18. The molecule has 10 heavy (non-hydrogen) atoms. The van der Waals surface area contributed by atoms with E-state index in [1.165, 1.54) is 0 Å². The second-order valence-corrected chi connectivity index (χ2v) is 4.34. The molecule has 0 radical (unpaired) electrons. The van der Waals surface area contributed by atoms with Crippen LogP contribution < -0.4 is 0 Å². The van der Waals surface area contributed by atoms with Gasteiger partial charge in [0.25, 0.3) is 0 Å². The van der Waals surface area contributed by atoms with E-state index in [-0.39, 0.29) is 0 Å². The fraction of sp³-hybridized carbons (Fsp3) is 1.00. The Hall–Kier alpha value is 0.327. The molecule has 6 heteroatoms. The topological polar surface area (TPSA) is 44.8 Å². The van der Waals surface area contributed by atoms with Gasteiger partial charge in [0.1, 0.15) is 0 Å². The number of phosphoric acid groups is 1. The Morgan fingerprint density at radius 1 is 1.30 bits per heavy atom. The first-order valence-electron chi connectivity index (χ1n) is 3.13. The molecular formula is C4H13O4PSi. The molecule has 0 aromatic rings. The first-order chi connectivity index (χ1) is 4.68. The lowest BCUT2D eigenvalue weighted by molar-refractivity contribution is 0.171.